The summed E-state index contributed by atoms with van der Waals surface area (Å²) in [4.78, 5) is 36.8. The number of benzene rings is 2. The molecule has 0 bridgehead atoms. The molecular weight excluding hydrogens is 485 g/mol. The molecule has 0 spiro atoms. The normalized spacial score (nSPS) is 15.3. The summed E-state index contributed by atoms with van der Waals surface area (Å²) < 4.78 is 98.5. The second-order valence-electron chi connectivity index (χ2n) is 8.40. The van der Waals surface area contributed by atoms with Gasteiger partial charge in [0.15, 0.2) is 0 Å². The smallest absolute Gasteiger partial charge is 0.274 e. The number of urea groups is 1. The molecule has 0 unspecified atom stereocenters. The van der Waals surface area contributed by atoms with Crippen molar-refractivity contribution >= 4 is 17.8 Å². The Morgan fingerprint density at radius 1 is 0.686 bits per heavy atom. The van der Waals surface area contributed by atoms with Gasteiger partial charge in [-0.2, -0.15) is 0 Å². The topological polar surface area (TPSA) is 57.7 Å². The van der Waals surface area contributed by atoms with Crippen molar-refractivity contribution in [3.8, 4) is 0 Å². The lowest BCUT2D eigenvalue weighted by Crippen LogP contribution is -2.60. The highest BCUT2D eigenvalue weighted by Gasteiger charge is 2.46. The Labute approximate surface area is 195 Å². The molecule has 12 heteroatoms. The second kappa shape index (κ2) is 9.67. The lowest BCUT2D eigenvalue weighted by Gasteiger charge is -2.36. The fraction of sp³-hybridized carbons (Fsp3) is 0.348. The number of aryl methyl sites for hydroxylation is 1. The van der Waals surface area contributed by atoms with E-state index in [9.17, 15) is 45.1 Å². The number of hydrogen-bond acceptors (Lipinski definition) is 3. The molecule has 1 heterocycles. The van der Waals surface area contributed by atoms with E-state index in [0.29, 0.717) is 23.8 Å². The van der Waals surface area contributed by atoms with Crippen LogP contribution in [0.15, 0.2) is 36.4 Å². The van der Waals surface area contributed by atoms with Crippen molar-refractivity contribution in [2.75, 3.05) is 13.1 Å². The standard InChI is InChI=1S/C23H19F7N2O3/c1-13-2-14(4-16(24)3-13)9-22(27,28)11-31-19(33)8-20(34)32(21(31)35)12-23(29,30)10-15-5-17(25)7-18(26)6-15/h2-7H,8-12H2,1H3. The first-order chi connectivity index (χ1) is 16.1. The number of rotatable bonds is 8. The molecule has 0 aliphatic carbocycles. The summed E-state index contributed by atoms with van der Waals surface area (Å²) in [5.74, 6) is -13.3. The van der Waals surface area contributed by atoms with Gasteiger partial charge in [-0.1, -0.05) is 6.07 Å². The van der Waals surface area contributed by atoms with E-state index < -0.39 is 85.1 Å². The monoisotopic (exact) mass is 504 g/mol. The number of nitrogens with zero attached hydrogens (tertiary/aromatic N) is 2. The summed E-state index contributed by atoms with van der Waals surface area (Å²) in [6, 6.07) is 3.32. The average molecular weight is 504 g/mol. The van der Waals surface area contributed by atoms with Crippen molar-refractivity contribution in [3.05, 3.63) is 70.5 Å². The van der Waals surface area contributed by atoms with Crippen LogP contribution >= 0.6 is 0 Å². The van der Waals surface area contributed by atoms with E-state index in [1.807, 2.05) is 0 Å². The maximum Gasteiger partial charge on any atom is 0.333 e. The summed E-state index contributed by atoms with van der Waals surface area (Å²) >= 11 is 0. The highest BCUT2D eigenvalue weighted by Crippen LogP contribution is 2.28. The predicted octanol–water partition coefficient (Wildman–Crippen LogP) is 4.65. The van der Waals surface area contributed by atoms with Crippen LogP contribution in [0.4, 0.5) is 35.5 Å². The van der Waals surface area contributed by atoms with Gasteiger partial charge in [0.2, 0.25) is 11.8 Å². The van der Waals surface area contributed by atoms with Crippen molar-refractivity contribution in [2.24, 2.45) is 0 Å². The minimum absolute atomic E-state index is 0.00844. The van der Waals surface area contributed by atoms with Gasteiger partial charge < -0.3 is 0 Å². The van der Waals surface area contributed by atoms with E-state index in [4.69, 9.17) is 0 Å². The van der Waals surface area contributed by atoms with Gasteiger partial charge in [0.25, 0.3) is 11.8 Å². The van der Waals surface area contributed by atoms with Crippen LogP contribution in [-0.4, -0.2) is 52.6 Å². The Kier molecular flexibility index (Phi) is 7.23. The lowest BCUT2D eigenvalue weighted by atomic mass is 10.0. The summed E-state index contributed by atoms with van der Waals surface area (Å²) in [6.45, 7) is -1.64. The molecular formula is C23H19F7N2O3. The summed E-state index contributed by atoms with van der Waals surface area (Å²) in [5, 5.41) is 0. The zero-order chi connectivity index (χ0) is 26.1. The zero-order valence-electron chi connectivity index (χ0n) is 18.3. The van der Waals surface area contributed by atoms with E-state index in [0.717, 1.165) is 12.1 Å². The number of imide groups is 2. The number of barbiturate groups is 1. The van der Waals surface area contributed by atoms with Crippen molar-refractivity contribution in [2.45, 2.75) is 38.0 Å². The van der Waals surface area contributed by atoms with Crippen molar-refractivity contribution in [3.63, 3.8) is 0 Å². The fourth-order valence-corrected chi connectivity index (χ4v) is 3.79. The largest absolute Gasteiger partial charge is 0.333 e. The first kappa shape index (κ1) is 26.2. The van der Waals surface area contributed by atoms with E-state index in [-0.39, 0.29) is 15.4 Å². The summed E-state index contributed by atoms with van der Waals surface area (Å²) in [5.41, 5.74) is -0.224. The van der Waals surface area contributed by atoms with E-state index in [1.54, 1.807) is 0 Å². The van der Waals surface area contributed by atoms with Crippen molar-refractivity contribution in [1.29, 1.82) is 0 Å². The molecule has 5 nitrogen and oxygen atoms in total. The number of carbonyl (C=O) groups excluding carboxylic acids is 3. The van der Waals surface area contributed by atoms with Crippen molar-refractivity contribution < 1.29 is 45.1 Å². The molecule has 1 fully saturated rings. The fourth-order valence-electron chi connectivity index (χ4n) is 3.79. The maximum atomic E-state index is 14.6. The van der Waals surface area contributed by atoms with Crippen LogP contribution in [0.5, 0.6) is 0 Å². The van der Waals surface area contributed by atoms with E-state index >= 15 is 0 Å². The van der Waals surface area contributed by atoms with Crippen LogP contribution in [-0.2, 0) is 22.4 Å². The summed E-state index contributed by atoms with van der Waals surface area (Å²) in [7, 11) is 0. The first-order valence-corrected chi connectivity index (χ1v) is 10.3. The van der Waals surface area contributed by atoms with Gasteiger partial charge in [-0.05, 0) is 47.9 Å². The van der Waals surface area contributed by atoms with Gasteiger partial charge in [0.1, 0.15) is 23.9 Å². The molecule has 1 aliphatic heterocycles. The molecule has 1 saturated heterocycles. The van der Waals surface area contributed by atoms with Crippen LogP contribution in [0.2, 0.25) is 0 Å². The number of carbonyl (C=O) groups is 3. The Morgan fingerprint density at radius 2 is 1.09 bits per heavy atom. The average Bonchev–Trinajstić information content (AvgIpc) is 2.66. The molecule has 4 amide bonds. The molecule has 0 aromatic heterocycles. The van der Waals surface area contributed by atoms with Gasteiger partial charge in [-0.15, -0.1) is 0 Å². The molecule has 35 heavy (non-hydrogen) atoms. The van der Waals surface area contributed by atoms with Crippen LogP contribution < -0.4 is 0 Å². The van der Waals surface area contributed by atoms with Gasteiger partial charge >= 0.3 is 6.03 Å². The number of alkyl halides is 4. The Hall–Kier alpha value is -3.44. The van der Waals surface area contributed by atoms with E-state index in [2.05, 4.69) is 0 Å². The molecule has 2 aromatic carbocycles. The quantitative estimate of drug-likeness (QED) is 0.389. The Balaban J connectivity index is 1.75. The Bertz CT molecular complexity index is 1040. The second-order valence-corrected chi connectivity index (χ2v) is 8.40. The highest BCUT2D eigenvalue weighted by atomic mass is 19.3. The minimum atomic E-state index is -3.89. The molecule has 3 rings (SSSR count). The molecule has 188 valence electrons. The molecule has 0 saturated carbocycles. The third-order valence-corrected chi connectivity index (χ3v) is 5.10. The molecule has 0 N–H and O–H groups in total. The number of hydrogen-bond donors (Lipinski definition) is 0. The predicted molar refractivity (Wildman–Crippen MR) is 108 cm³/mol. The zero-order valence-corrected chi connectivity index (χ0v) is 18.3. The SMILES string of the molecule is Cc1cc(F)cc(CC(F)(F)CN2C(=O)CC(=O)N(CC(F)(F)Cc3cc(F)cc(F)c3)C2=O)c1. The summed E-state index contributed by atoms with van der Waals surface area (Å²) in [6.07, 6.45) is -3.43. The number of amides is 4. The maximum absolute atomic E-state index is 14.6. The van der Waals surface area contributed by atoms with Gasteiger partial charge in [-0.3, -0.25) is 19.4 Å². The molecule has 0 atom stereocenters. The van der Waals surface area contributed by atoms with Gasteiger partial charge in [-0.25, -0.2) is 35.5 Å². The number of halogens is 7. The van der Waals surface area contributed by atoms with Crippen LogP contribution in [0.1, 0.15) is 23.1 Å². The minimum Gasteiger partial charge on any atom is -0.274 e. The molecule has 0 radical (unpaired) electrons. The lowest BCUT2D eigenvalue weighted by molar-refractivity contribution is -0.149. The van der Waals surface area contributed by atoms with Crippen LogP contribution in [0.3, 0.4) is 0 Å². The third kappa shape index (κ3) is 6.80. The third-order valence-electron chi connectivity index (χ3n) is 5.10. The van der Waals surface area contributed by atoms with Crippen molar-refractivity contribution in [1.82, 2.24) is 9.80 Å². The van der Waals surface area contributed by atoms with Crippen LogP contribution in [0.25, 0.3) is 0 Å². The van der Waals surface area contributed by atoms with E-state index in [1.165, 1.54) is 13.0 Å². The molecule has 1 aliphatic rings. The highest BCUT2D eigenvalue weighted by molar-refractivity contribution is 6.14. The first-order valence-electron chi connectivity index (χ1n) is 10.3. The van der Waals surface area contributed by atoms with Crippen LogP contribution in [0, 0.1) is 24.4 Å². The molecule has 2 aromatic rings. The Morgan fingerprint density at radius 3 is 1.51 bits per heavy atom. The van der Waals surface area contributed by atoms with Gasteiger partial charge in [0.05, 0.1) is 13.1 Å². The van der Waals surface area contributed by atoms with Gasteiger partial charge in [0, 0.05) is 18.9 Å².